The van der Waals surface area contributed by atoms with E-state index in [9.17, 15) is 8.42 Å². The first-order valence-electron chi connectivity index (χ1n) is 7.61. The molecule has 0 heterocycles. The van der Waals surface area contributed by atoms with Gasteiger partial charge in [0.05, 0.1) is 5.75 Å². The Morgan fingerprint density at radius 3 is 2.38 bits per heavy atom. The molecular formula is C15H25N3O2S. The van der Waals surface area contributed by atoms with Crippen LogP contribution in [0.3, 0.4) is 0 Å². The van der Waals surface area contributed by atoms with E-state index in [1.807, 2.05) is 12.1 Å². The van der Waals surface area contributed by atoms with E-state index in [2.05, 4.69) is 10.0 Å². The number of hydrogen-bond donors (Lipinski definition) is 3. The minimum absolute atomic E-state index is 0.0766. The largest absolute Gasteiger partial charge is 0.382 e. The highest BCUT2D eigenvalue weighted by atomic mass is 32.2. The van der Waals surface area contributed by atoms with Crippen molar-refractivity contribution in [2.45, 2.75) is 38.6 Å². The monoisotopic (exact) mass is 311 g/mol. The van der Waals surface area contributed by atoms with Crippen LogP contribution in [0.15, 0.2) is 24.3 Å². The van der Waals surface area contributed by atoms with Crippen molar-refractivity contribution in [3.63, 3.8) is 0 Å². The fourth-order valence-electron chi connectivity index (χ4n) is 2.78. The predicted molar refractivity (Wildman–Crippen MR) is 87.9 cm³/mol. The molecule has 2 unspecified atom stereocenters. The highest BCUT2D eigenvalue weighted by molar-refractivity contribution is 7.92. The number of nitrogens with one attached hydrogen (secondary N) is 2. The zero-order valence-corrected chi connectivity index (χ0v) is 13.3. The molecule has 0 saturated heterocycles. The van der Waals surface area contributed by atoms with Gasteiger partial charge in [0, 0.05) is 17.4 Å². The third-order valence-electron chi connectivity index (χ3n) is 4.10. The standard InChI is InChI=1S/C15H25N3O2S/c1-2-21(19,20)18-14-9-7-13(8-10-14)17-15-6-4-3-5-12(15)11-16/h7-10,12,15,17-18H,2-6,11,16H2,1H3. The number of hydrogen-bond acceptors (Lipinski definition) is 4. The summed E-state index contributed by atoms with van der Waals surface area (Å²) in [6.45, 7) is 2.33. The van der Waals surface area contributed by atoms with Crippen LogP contribution in [-0.2, 0) is 10.0 Å². The minimum Gasteiger partial charge on any atom is -0.382 e. The van der Waals surface area contributed by atoms with Gasteiger partial charge in [-0.2, -0.15) is 0 Å². The van der Waals surface area contributed by atoms with Gasteiger partial charge in [-0.15, -0.1) is 0 Å². The van der Waals surface area contributed by atoms with Crippen molar-refractivity contribution in [1.29, 1.82) is 0 Å². The van der Waals surface area contributed by atoms with E-state index in [4.69, 9.17) is 5.73 Å². The van der Waals surface area contributed by atoms with E-state index in [-0.39, 0.29) is 5.75 Å². The Balaban J connectivity index is 1.99. The number of benzene rings is 1. The molecule has 1 aromatic rings. The van der Waals surface area contributed by atoms with E-state index in [1.165, 1.54) is 19.3 Å². The van der Waals surface area contributed by atoms with Gasteiger partial charge in [0.1, 0.15) is 0 Å². The second-order valence-electron chi connectivity index (χ2n) is 5.61. The highest BCUT2D eigenvalue weighted by Crippen LogP contribution is 2.27. The van der Waals surface area contributed by atoms with Crippen LogP contribution in [0.1, 0.15) is 32.6 Å². The van der Waals surface area contributed by atoms with Crippen LogP contribution in [-0.4, -0.2) is 26.8 Å². The van der Waals surface area contributed by atoms with E-state index in [0.29, 0.717) is 24.2 Å². The van der Waals surface area contributed by atoms with Gasteiger partial charge >= 0.3 is 0 Å². The molecule has 6 heteroatoms. The van der Waals surface area contributed by atoms with Crippen molar-refractivity contribution in [1.82, 2.24) is 0 Å². The van der Waals surface area contributed by atoms with Gasteiger partial charge in [0.25, 0.3) is 0 Å². The Morgan fingerprint density at radius 2 is 1.76 bits per heavy atom. The van der Waals surface area contributed by atoms with E-state index < -0.39 is 10.0 Å². The maximum atomic E-state index is 11.5. The van der Waals surface area contributed by atoms with Gasteiger partial charge in [-0.05, 0) is 56.5 Å². The lowest BCUT2D eigenvalue weighted by molar-refractivity contribution is 0.332. The molecule has 0 amide bonds. The van der Waals surface area contributed by atoms with Crippen molar-refractivity contribution in [2.24, 2.45) is 11.7 Å². The number of nitrogens with two attached hydrogens (primary N) is 1. The smallest absolute Gasteiger partial charge is 0.232 e. The molecule has 2 atom stereocenters. The van der Waals surface area contributed by atoms with E-state index in [0.717, 1.165) is 12.1 Å². The second kappa shape index (κ2) is 7.13. The topological polar surface area (TPSA) is 84.2 Å². The first-order valence-corrected chi connectivity index (χ1v) is 9.26. The van der Waals surface area contributed by atoms with Crippen LogP contribution in [0.25, 0.3) is 0 Å². The van der Waals surface area contributed by atoms with E-state index >= 15 is 0 Å². The molecule has 0 aliphatic heterocycles. The molecule has 2 rings (SSSR count). The van der Waals surface area contributed by atoms with Crippen molar-refractivity contribution < 1.29 is 8.42 Å². The Labute approximate surface area is 127 Å². The second-order valence-corrected chi connectivity index (χ2v) is 7.62. The molecule has 1 aromatic carbocycles. The Kier molecular flexibility index (Phi) is 5.47. The van der Waals surface area contributed by atoms with Gasteiger partial charge in [-0.1, -0.05) is 12.8 Å². The average molecular weight is 311 g/mol. The molecule has 0 spiro atoms. The molecule has 5 nitrogen and oxygen atoms in total. The molecule has 4 N–H and O–H groups in total. The van der Waals surface area contributed by atoms with Gasteiger partial charge in [0.15, 0.2) is 0 Å². The predicted octanol–water partition coefficient (Wildman–Crippen LogP) is 2.38. The van der Waals surface area contributed by atoms with Crippen molar-refractivity contribution in [2.75, 3.05) is 22.3 Å². The zero-order valence-electron chi connectivity index (χ0n) is 12.5. The maximum absolute atomic E-state index is 11.5. The van der Waals surface area contributed by atoms with Crippen LogP contribution in [0.2, 0.25) is 0 Å². The third-order valence-corrected chi connectivity index (χ3v) is 5.41. The fourth-order valence-corrected chi connectivity index (χ4v) is 3.42. The maximum Gasteiger partial charge on any atom is 0.232 e. The Morgan fingerprint density at radius 1 is 1.14 bits per heavy atom. The Hall–Kier alpha value is -1.27. The summed E-state index contributed by atoms with van der Waals surface area (Å²) in [5.41, 5.74) is 7.45. The van der Waals surface area contributed by atoms with Crippen molar-refractivity contribution >= 4 is 21.4 Å². The number of sulfonamides is 1. The van der Waals surface area contributed by atoms with Gasteiger partial charge < -0.3 is 11.1 Å². The molecule has 1 saturated carbocycles. The van der Waals surface area contributed by atoms with Crippen LogP contribution in [0, 0.1) is 5.92 Å². The molecule has 0 bridgehead atoms. The van der Waals surface area contributed by atoms with Gasteiger partial charge in [0.2, 0.25) is 10.0 Å². The summed E-state index contributed by atoms with van der Waals surface area (Å²) >= 11 is 0. The molecule has 21 heavy (non-hydrogen) atoms. The summed E-state index contributed by atoms with van der Waals surface area (Å²) in [5.74, 6) is 0.602. The molecule has 1 fully saturated rings. The van der Waals surface area contributed by atoms with Gasteiger partial charge in [-0.25, -0.2) is 8.42 Å². The highest BCUT2D eigenvalue weighted by Gasteiger charge is 2.23. The van der Waals surface area contributed by atoms with Crippen LogP contribution in [0.4, 0.5) is 11.4 Å². The van der Waals surface area contributed by atoms with Crippen LogP contribution in [0.5, 0.6) is 0 Å². The first-order chi connectivity index (χ1) is 10.0. The first kappa shape index (κ1) is 16.1. The van der Waals surface area contributed by atoms with Crippen molar-refractivity contribution in [3.05, 3.63) is 24.3 Å². The lowest BCUT2D eigenvalue weighted by atomic mass is 9.84. The summed E-state index contributed by atoms with van der Waals surface area (Å²) in [6.07, 6.45) is 4.83. The summed E-state index contributed by atoms with van der Waals surface area (Å²) < 4.78 is 25.6. The quantitative estimate of drug-likeness (QED) is 0.753. The number of anilines is 2. The lowest BCUT2D eigenvalue weighted by Gasteiger charge is -2.32. The lowest BCUT2D eigenvalue weighted by Crippen LogP contribution is -2.36. The summed E-state index contributed by atoms with van der Waals surface area (Å²) in [6, 6.07) is 7.82. The molecule has 0 aromatic heterocycles. The number of rotatable bonds is 6. The Bertz CT molecular complexity index is 543. The van der Waals surface area contributed by atoms with Gasteiger partial charge in [-0.3, -0.25) is 4.72 Å². The molecular weight excluding hydrogens is 286 g/mol. The molecule has 1 aliphatic rings. The fraction of sp³-hybridized carbons (Fsp3) is 0.600. The molecule has 0 radical (unpaired) electrons. The third kappa shape index (κ3) is 4.61. The normalized spacial score (nSPS) is 22.8. The summed E-state index contributed by atoms with van der Waals surface area (Å²) in [7, 11) is -3.21. The van der Waals surface area contributed by atoms with E-state index in [1.54, 1.807) is 19.1 Å². The minimum atomic E-state index is -3.21. The summed E-state index contributed by atoms with van der Waals surface area (Å²) in [5, 5.41) is 3.53. The molecule has 1 aliphatic carbocycles. The van der Waals surface area contributed by atoms with Crippen LogP contribution < -0.4 is 15.8 Å². The summed E-state index contributed by atoms with van der Waals surface area (Å²) in [4.78, 5) is 0. The zero-order chi connectivity index (χ0) is 15.3. The molecule has 118 valence electrons. The SMILES string of the molecule is CCS(=O)(=O)Nc1ccc(NC2CCCCC2CN)cc1. The average Bonchev–Trinajstić information content (AvgIpc) is 2.49. The van der Waals surface area contributed by atoms with Crippen LogP contribution >= 0.6 is 0 Å². The van der Waals surface area contributed by atoms with Crippen molar-refractivity contribution in [3.8, 4) is 0 Å².